The summed E-state index contributed by atoms with van der Waals surface area (Å²) in [4.78, 5) is 0. The highest BCUT2D eigenvalue weighted by molar-refractivity contribution is 4.80. The van der Waals surface area contributed by atoms with E-state index in [0.29, 0.717) is 0 Å². The summed E-state index contributed by atoms with van der Waals surface area (Å²) in [6, 6.07) is 0. The number of hydrogen-bond donors (Lipinski definition) is 0. The van der Waals surface area contributed by atoms with Crippen LogP contribution in [0.4, 0.5) is 0 Å². The van der Waals surface area contributed by atoms with Gasteiger partial charge in [-0.3, -0.25) is 0 Å². The third-order valence-corrected chi connectivity index (χ3v) is 5.62. The van der Waals surface area contributed by atoms with Gasteiger partial charge >= 0.3 is 0 Å². The Balaban J connectivity index is 2.33. The molecule has 0 aromatic heterocycles. The maximum atomic E-state index is 2.51. The Morgan fingerprint density at radius 2 is 1.26 bits per heavy atom. The summed E-state index contributed by atoms with van der Waals surface area (Å²) >= 11 is 0. The summed E-state index contributed by atoms with van der Waals surface area (Å²) < 4.78 is 0. The Bertz CT molecular complexity index is 194. The van der Waals surface area contributed by atoms with E-state index < -0.39 is 0 Å². The molecule has 1 rings (SSSR count). The Morgan fingerprint density at radius 1 is 0.737 bits per heavy atom. The summed E-state index contributed by atoms with van der Waals surface area (Å²) in [5, 5.41) is 0. The van der Waals surface area contributed by atoms with Crippen molar-refractivity contribution in [2.75, 3.05) is 0 Å². The smallest absolute Gasteiger partial charge is 0.0386 e. The second-order valence-corrected chi connectivity index (χ2v) is 7.13. The number of rotatable bonds is 9. The van der Waals surface area contributed by atoms with E-state index in [0.717, 1.165) is 23.7 Å². The lowest BCUT2D eigenvalue weighted by Crippen LogP contribution is -2.25. The SMILES string of the molecule is CCCCC(C)C1CCC(C(CCC)CCC)CC1. The standard InChI is InChI=1S/C19H38/c1-5-8-11-16(4)17-12-14-19(15-13-17)18(9-6-2)10-7-3/h16-19H,5-15H2,1-4H3. The molecular weight excluding hydrogens is 228 g/mol. The first-order chi connectivity index (χ1) is 9.22. The van der Waals surface area contributed by atoms with E-state index in [1.54, 1.807) is 0 Å². The van der Waals surface area contributed by atoms with Crippen molar-refractivity contribution in [3.8, 4) is 0 Å². The fraction of sp³-hybridized carbons (Fsp3) is 1.00. The molecule has 0 nitrogen and oxygen atoms in total. The summed E-state index contributed by atoms with van der Waals surface area (Å²) in [5.41, 5.74) is 0. The van der Waals surface area contributed by atoms with Crippen molar-refractivity contribution >= 4 is 0 Å². The van der Waals surface area contributed by atoms with E-state index in [4.69, 9.17) is 0 Å². The van der Waals surface area contributed by atoms with Crippen LogP contribution in [-0.4, -0.2) is 0 Å². The van der Waals surface area contributed by atoms with Crippen LogP contribution in [0.2, 0.25) is 0 Å². The third-order valence-electron chi connectivity index (χ3n) is 5.62. The van der Waals surface area contributed by atoms with Gasteiger partial charge < -0.3 is 0 Å². The minimum Gasteiger partial charge on any atom is -0.0654 e. The fourth-order valence-corrected chi connectivity index (χ4v) is 4.30. The van der Waals surface area contributed by atoms with Crippen molar-refractivity contribution in [1.82, 2.24) is 0 Å². The van der Waals surface area contributed by atoms with Crippen LogP contribution in [0.25, 0.3) is 0 Å². The highest BCUT2D eigenvalue weighted by Gasteiger charge is 2.28. The van der Waals surface area contributed by atoms with Crippen molar-refractivity contribution in [1.29, 1.82) is 0 Å². The maximum Gasteiger partial charge on any atom is -0.0386 e. The maximum absolute atomic E-state index is 2.51. The van der Waals surface area contributed by atoms with Crippen LogP contribution in [0.3, 0.4) is 0 Å². The third kappa shape index (κ3) is 5.88. The molecule has 1 unspecified atom stereocenters. The van der Waals surface area contributed by atoms with E-state index in [-0.39, 0.29) is 0 Å². The molecule has 0 amide bonds. The molecule has 1 saturated carbocycles. The average molecular weight is 267 g/mol. The van der Waals surface area contributed by atoms with Gasteiger partial charge in [0.25, 0.3) is 0 Å². The molecular formula is C19H38. The second kappa shape index (κ2) is 9.83. The van der Waals surface area contributed by atoms with Crippen LogP contribution >= 0.6 is 0 Å². The Labute approximate surface area is 122 Å². The zero-order valence-electron chi connectivity index (χ0n) is 14.1. The fourth-order valence-electron chi connectivity index (χ4n) is 4.30. The van der Waals surface area contributed by atoms with Gasteiger partial charge in [-0.05, 0) is 49.4 Å². The predicted octanol–water partition coefficient (Wildman–Crippen LogP) is 6.84. The van der Waals surface area contributed by atoms with E-state index in [1.165, 1.54) is 70.6 Å². The molecule has 114 valence electrons. The lowest BCUT2D eigenvalue weighted by atomic mass is 9.70. The van der Waals surface area contributed by atoms with Crippen LogP contribution in [0.5, 0.6) is 0 Å². The Hall–Kier alpha value is 0. The first-order valence-electron chi connectivity index (χ1n) is 9.22. The predicted molar refractivity (Wildman–Crippen MR) is 87.4 cm³/mol. The summed E-state index contributed by atoms with van der Waals surface area (Å²) in [7, 11) is 0. The summed E-state index contributed by atoms with van der Waals surface area (Å²) in [6.45, 7) is 9.56. The molecule has 0 heteroatoms. The van der Waals surface area contributed by atoms with Gasteiger partial charge in [0.2, 0.25) is 0 Å². The average Bonchev–Trinajstić information content (AvgIpc) is 2.44. The van der Waals surface area contributed by atoms with Gasteiger partial charge in [-0.15, -0.1) is 0 Å². The molecule has 0 heterocycles. The van der Waals surface area contributed by atoms with Gasteiger partial charge in [-0.25, -0.2) is 0 Å². The minimum atomic E-state index is 0.983. The topological polar surface area (TPSA) is 0 Å². The van der Waals surface area contributed by atoms with Crippen molar-refractivity contribution in [2.24, 2.45) is 23.7 Å². The zero-order chi connectivity index (χ0) is 14.1. The number of unbranched alkanes of at least 4 members (excludes halogenated alkanes) is 1. The molecule has 0 aromatic carbocycles. The van der Waals surface area contributed by atoms with E-state index in [9.17, 15) is 0 Å². The first-order valence-corrected chi connectivity index (χ1v) is 9.22. The van der Waals surface area contributed by atoms with Gasteiger partial charge in [0.1, 0.15) is 0 Å². The molecule has 0 aliphatic heterocycles. The molecule has 0 spiro atoms. The van der Waals surface area contributed by atoms with Gasteiger partial charge in [0.05, 0.1) is 0 Å². The molecule has 0 saturated heterocycles. The lowest BCUT2D eigenvalue weighted by Gasteiger charge is -2.36. The summed E-state index contributed by atoms with van der Waals surface area (Å²) in [5.74, 6) is 4.14. The molecule has 0 aromatic rings. The Kier molecular flexibility index (Phi) is 8.83. The molecule has 19 heavy (non-hydrogen) atoms. The van der Waals surface area contributed by atoms with Crippen LogP contribution in [0, 0.1) is 23.7 Å². The Morgan fingerprint density at radius 3 is 1.74 bits per heavy atom. The van der Waals surface area contributed by atoms with Gasteiger partial charge in [0.15, 0.2) is 0 Å². The molecule has 1 fully saturated rings. The minimum absolute atomic E-state index is 0.983. The zero-order valence-corrected chi connectivity index (χ0v) is 14.1. The highest BCUT2D eigenvalue weighted by Crippen LogP contribution is 2.40. The van der Waals surface area contributed by atoms with Crippen molar-refractivity contribution < 1.29 is 0 Å². The van der Waals surface area contributed by atoms with Gasteiger partial charge in [0, 0.05) is 0 Å². The highest BCUT2D eigenvalue weighted by atomic mass is 14.3. The van der Waals surface area contributed by atoms with E-state index in [1.807, 2.05) is 0 Å². The van der Waals surface area contributed by atoms with Crippen LogP contribution in [0.1, 0.15) is 98.3 Å². The first kappa shape index (κ1) is 17.1. The van der Waals surface area contributed by atoms with Gasteiger partial charge in [-0.2, -0.15) is 0 Å². The van der Waals surface area contributed by atoms with Crippen molar-refractivity contribution in [3.05, 3.63) is 0 Å². The molecule has 0 radical (unpaired) electrons. The van der Waals surface area contributed by atoms with Gasteiger partial charge in [-0.1, -0.05) is 72.6 Å². The normalized spacial score (nSPS) is 25.7. The van der Waals surface area contributed by atoms with Crippen molar-refractivity contribution in [2.45, 2.75) is 98.3 Å². The van der Waals surface area contributed by atoms with E-state index >= 15 is 0 Å². The molecule has 1 aliphatic rings. The molecule has 0 N–H and O–H groups in total. The molecule has 1 aliphatic carbocycles. The summed E-state index contributed by atoms with van der Waals surface area (Å²) in [6.07, 6.45) is 16.1. The molecule has 1 atom stereocenters. The van der Waals surface area contributed by atoms with Crippen LogP contribution in [-0.2, 0) is 0 Å². The van der Waals surface area contributed by atoms with E-state index in [2.05, 4.69) is 27.7 Å². The van der Waals surface area contributed by atoms with Crippen molar-refractivity contribution in [3.63, 3.8) is 0 Å². The van der Waals surface area contributed by atoms with Crippen LogP contribution in [0.15, 0.2) is 0 Å². The van der Waals surface area contributed by atoms with Crippen LogP contribution < -0.4 is 0 Å². The largest absolute Gasteiger partial charge is 0.0654 e. The quantitative estimate of drug-likeness (QED) is 0.429. The lowest BCUT2D eigenvalue weighted by molar-refractivity contribution is 0.152. The second-order valence-electron chi connectivity index (χ2n) is 7.13. The monoisotopic (exact) mass is 266 g/mol. The number of hydrogen-bond acceptors (Lipinski definition) is 0. The molecule has 0 bridgehead atoms.